The van der Waals surface area contributed by atoms with Crippen molar-refractivity contribution in [2.45, 2.75) is 33.2 Å². The average Bonchev–Trinajstić information content (AvgIpc) is 3.30. The third-order valence-electron chi connectivity index (χ3n) is 4.78. The third-order valence-corrected chi connectivity index (χ3v) is 4.78. The van der Waals surface area contributed by atoms with Crippen LogP contribution in [-0.4, -0.2) is 41.1 Å². The average molecular weight is 406 g/mol. The number of anilines is 1. The summed E-state index contributed by atoms with van der Waals surface area (Å²) in [6.07, 6.45) is 3.41. The van der Waals surface area contributed by atoms with Gasteiger partial charge in [-0.1, -0.05) is 13.8 Å². The smallest absolute Gasteiger partial charge is 0.222 e. The summed E-state index contributed by atoms with van der Waals surface area (Å²) >= 11 is 0. The molecule has 4 rings (SSSR count). The van der Waals surface area contributed by atoms with Gasteiger partial charge in [-0.05, 0) is 31.0 Å². The number of rotatable bonds is 7. The summed E-state index contributed by atoms with van der Waals surface area (Å²) in [5.41, 5.74) is 4.35. The second kappa shape index (κ2) is 8.10. The van der Waals surface area contributed by atoms with Crippen molar-refractivity contribution in [1.29, 1.82) is 0 Å². The molecule has 0 unspecified atom stereocenters. The van der Waals surface area contributed by atoms with Crippen molar-refractivity contribution in [3.05, 3.63) is 42.2 Å². The van der Waals surface area contributed by atoms with Crippen LogP contribution in [0.2, 0.25) is 0 Å². The lowest BCUT2D eigenvalue weighted by atomic mass is 10.0. The van der Waals surface area contributed by atoms with Gasteiger partial charge in [0.2, 0.25) is 5.88 Å². The topological polar surface area (TPSA) is 95.6 Å². The Hall–Kier alpha value is -3.49. The molecular weight excluding hydrogens is 380 g/mol. The van der Waals surface area contributed by atoms with E-state index in [2.05, 4.69) is 34.2 Å². The largest absolute Gasteiger partial charge is 0.477 e. The Morgan fingerprint density at radius 3 is 2.70 bits per heavy atom. The van der Waals surface area contributed by atoms with Crippen LogP contribution in [0.5, 0.6) is 5.88 Å². The van der Waals surface area contributed by atoms with Gasteiger partial charge in [0.25, 0.3) is 0 Å². The van der Waals surface area contributed by atoms with Crippen molar-refractivity contribution in [2.75, 3.05) is 11.9 Å². The number of hydrogen-bond acceptors (Lipinski definition) is 7. The molecule has 0 aliphatic heterocycles. The van der Waals surface area contributed by atoms with Gasteiger partial charge in [-0.25, -0.2) is 15.0 Å². The first-order valence-electron chi connectivity index (χ1n) is 10.0. The normalized spacial score (nSPS) is 11.4. The molecule has 0 fully saturated rings. The second-order valence-corrected chi connectivity index (χ2v) is 7.39. The molecule has 9 nitrogen and oxygen atoms in total. The molecule has 4 aromatic heterocycles. The number of fused-ring (bicyclic) bond motifs is 1. The fraction of sp³-hybridized carbons (Fsp3) is 0.381. The van der Waals surface area contributed by atoms with Crippen molar-refractivity contribution in [1.82, 2.24) is 34.5 Å². The number of aryl methyl sites for hydroxylation is 2. The molecule has 0 atom stereocenters. The minimum atomic E-state index is 0.257. The summed E-state index contributed by atoms with van der Waals surface area (Å²) in [6, 6.07) is 5.88. The molecular formula is C21H26N8O. The van der Waals surface area contributed by atoms with E-state index in [9.17, 15) is 0 Å². The highest BCUT2D eigenvalue weighted by Gasteiger charge is 2.20. The highest BCUT2D eigenvalue weighted by molar-refractivity contribution is 5.94. The van der Waals surface area contributed by atoms with E-state index in [1.165, 1.54) is 0 Å². The Labute approximate surface area is 175 Å². The molecule has 0 aliphatic carbocycles. The number of aromatic nitrogens is 7. The molecule has 0 bridgehead atoms. The molecule has 0 aromatic carbocycles. The molecule has 4 aromatic rings. The molecule has 0 saturated heterocycles. The van der Waals surface area contributed by atoms with Crippen LogP contribution in [0.3, 0.4) is 0 Å². The molecule has 0 saturated carbocycles. The lowest BCUT2D eigenvalue weighted by molar-refractivity contribution is 0.328. The molecule has 0 amide bonds. The van der Waals surface area contributed by atoms with Gasteiger partial charge in [-0.2, -0.15) is 10.2 Å². The molecule has 30 heavy (non-hydrogen) atoms. The number of ether oxygens (including phenoxy) is 1. The van der Waals surface area contributed by atoms with Crippen LogP contribution in [0.25, 0.3) is 22.3 Å². The summed E-state index contributed by atoms with van der Waals surface area (Å²) < 4.78 is 9.25. The predicted octanol–water partition coefficient (Wildman–Crippen LogP) is 3.29. The van der Waals surface area contributed by atoms with E-state index in [1.807, 2.05) is 43.9 Å². The Morgan fingerprint density at radius 1 is 1.17 bits per heavy atom. The summed E-state index contributed by atoms with van der Waals surface area (Å²) in [4.78, 5) is 13.6. The fourth-order valence-corrected chi connectivity index (χ4v) is 3.44. The maximum atomic E-state index is 5.73. The van der Waals surface area contributed by atoms with E-state index in [0.717, 1.165) is 39.5 Å². The zero-order valence-corrected chi connectivity index (χ0v) is 17.9. The quantitative estimate of drug-likeness (QED) is 0.503. The number of nitrogens with one attached hydrogen (secondary N) is 1. The van der Waals surface area contributed by atoms with Gasteiger partial charge < -0.3 is 10.1 Å². The lowest BCUT2D eigenvalue weighted by Crippen LogP contribution is -2.05. The van der Waals surface area contributed by atoms with Crippen molar-refractivity contribution in [3.63, 3.8) is 0 Å². The van der Waals surface area contributed by atoms with Gasteiger partial charge in [0.05, 0.1) is 35.5 Å². The van der Waals surface area contributed by atoms with Crippen molar-refractivity contribution < 1.29 is 4.74 Å². The summed E-state index contributed by atoms with van der Waals surface area (Å²) in [6.45, 7) is 7.24. The summed E-state index contributed by atoms with van der Waals surface area (Å²) in [7, 11) is 3.77. The zero-order chi connectivity index (χ0) is 21.3. The second-order valence-electron chi connectivity index (χ2n) is 7.39. The highest BCUT2D eigenvalue weighted by Crippen LogP contribution is 2.35. The minimum Gasteiger partial charge on any atom is -0.477 e. The van der Waals surface area contributed by atoms with E-state index in [-0.39, 0.29) is 5.92 Å². The molecule has 9 heteroatoms. The number of pyridine rings is 2. The molecule has 156 valence electrons. The van der Waals surface area contributed by atoms with Gasteiger partial charge >= 0.3 is 0 Å². The predicted molar refractivity (Wildman–Crippen MR) is 115 cm³/mol. The van der Waals surface area contributed by atoms with Crippen LogP contribution in [0, 0.1) is 0 Å². The van der Waals surface area contributed by atoms with Gasteiger partial charge in [-0.3, -0.25) is 9.36 Å². The van der Waals surface area contributed by atoms with E-state index >= 15 is 0 Å². The Morgan fingerprint density at radius 2 is 2.00 bits per heavy atom. The summed E-state index contributed by atoms with van der Waals surface area (Å²) in [5.74, 6) is 1.54. The highest BCUT2D eigenvalue weighted by atomic mass is 16.5. The minimum absolute atomic E-state index is 0.257. The SMILES string of the molecule is CCOc1ncccc1-c1cc(NCc2ncn(C)n2)c2c(C(C)C)nn(C)c2n1. The summed E-state index contributed by atoms with van der Waals surface area (Å²) in [5, 5.41) is 13.6. The van der Waals surface area contributed by atoms with Crippen LogP contribution < -0.4 is 10.1 Å². The third kappa shape index (κ3) is 3.70. The van der Waals surface area contributed by atoms with Crippen molar-refractivity contribution in [3.8, 4) is 17.1 Å². The Kier molecular flexibility index (Phi) is 5.35. The maximum absolute atomic E-state index is 5.73. The fourth-order valence-electron chi connectivity index (χ4n) is 3.44. The lowest BCUT2D eigenvalue weighted by Gasteiger charge is -2.13. The Balaban J connectivity index is 1.86. The van der Waals surface area contributed by atoms with Crippen molar-refractivity contribution >= 4 is 16.7 Å². The van der Waals surface area contributed by atoms with Crippen LogP contribution >= 0.6 is 0 Å². The number of nitrogens with zero attached hydrogens (tertiary/aromatic N) is 7. The van der Waals surface area contributed by atoms with Gasteiger partial charge in [0.1, 0.15) is 6.33 Å². The molecule has 4 heterocycles. The first-order valence-corrected chi connectivity index (χ1v) is 10.0. The number of hydrogen-bond donors (Lipinski definition) is 1. The molecule has 0 spiro atoms. The first kappa shape index (κ1) is 19.8. The van der Waals surface area contributed by atoms with E-state index in [4.69, 9.17) is 14.8 Å². The maximum Gasteiger partial charge on any atom is 0.222 e. The monoisotopic (exact) mass is 406 g/mol. The Bertz CT molecular complexity index is 1180. The first-order chi connectivity index (χ1) is 14.5. The zero-order valence-electron chi connectivity index (χ0n) is 17.9. The van der Waals surface area contributed by atoms with E-state index in [0.29, 0.717) is 19.0 Å². The standard InChI is InChI=1S/C21H26N8O/c1-6-30-21-14(8-7-9-22-21)15-10-16(23-11-17-24-12-28(4)26-17)18-19(13(2)3)27-29(5)20(18)25-15/h7-10,12-13H,6,11H2,1-5H3,(H,23,25). The van der Waals surface area contributed by atoms with Crippen LogP contribution in [0.1, 0.15) is 38.2 Å². The van der Waals surface area contributed by atoms with Crippen LogP contribution in [0.15, 0.2) is 30.7 Å². The van der Waals surface area contributed by atoms with Crippen LogP contribution in [-0.2, 0) is 20.6 Å². The van der Waals surface area contributed by atoms with Crippen molar-refractivity contribution in [2.24, 2.45) is 14.1 Å². The molecule has 1 N–H and O–H groups in total. The van der Waals surface area contributed by atoms with E-state index < -0.39 is 0 Å². The molecule has 0 aliphatic rings. The van der Waals surface area contributed by atoms with Gasteiger partial charge in [0.15, 0.2) is 11.5 Å². The van der Waals surface area contributed by atoms with Crippen LogP contribution in [0.4, 0.5) is 5.69 Å². The van der Waals surface area contributed by atoms with E-state index in [1.54, 1.807) is 17.2 Å². The van der Waals surface area contributed by atoms with Gasteiger partial charge in [-0.15, -0.1) is 0 Å². The molecule has 0 radical (unpaired) electrons. The van der Waals surface area contributed by atoms with Gasteiger partial charge in [0, 0.05) is 26.0 Å².